The summed E-state index contributed by atoms with van der Waals surface area (Å²) in [4.78, 5) is 50.9. The first-order valence-corrected chi connectivity index (χ1v) is 13.9. The minimum absolute atomic E-state index is 0.00247. The van der Waals surface area contributed by atoms with Crippen LogP contribution < -0.4 is 21.7 Å². The van der Waals surface area contributed by atoms with Gasteiger partial charge in [-0.3, -0.25) is 14.4 Å². The molecule has 0 aromatic heterocycles. The number of carboxylic acids is 1. The molecule has 0 saturated carbocycles. The van der Waals surface area contributed by atoms with Crippen LogP contribution in [0.4, 0.5) is 0 Å². The number of hydrogen-bond acceptors (Lipinski definition) is 7. The van der Waals surface area contributed by atoms with Crippen LogP contribution in [-0.2, 0) is 25.6 Å². The molecule has 0 aliphatic heterocycles. The van der Waals surface area contributed by atoms with Crippen molar-refractivity contribution in [2.24, 2.45) is 17.6 Å². The van der Waals surface area contributed by atoms with Gasteiger partial charge >= 0.3 is 5.97 Å². The van der Waals surface area contributed by atoms with E-state index in [2.05, 4.69) is 16.0 Å². The molecule has 1 aromatic carbocycles. The number of nitrogens with one attached hydrogen (secondary N) is 3. The molecule has 11 heteroatoms. The minimum Gasteiger partial charge on any atom is -0.508 e. The third kappa shape index (κ3) is 11.4. The van der Waals surface area contributed by atoms with Gasteiger partial charge in [0.2, 0.25) is 17.7 Å². The number of amides is 3. The summed E-state index contributed by atoms with van der Waals surface area (Å²) in [5.74, 6) is -2.26. The molecule has 0 fully saturated rings. The first kappa shape index (κ1) is 32.2. The third-order valence-corrected chi connectivity index (χ3v) is 6.74. The van der Waals surface area contributed by atoms with Gasteiger partial charge in [-0.2, -0.15) is 11.8 Å². The molecule has 5 unspecified atom stereocenters. The van der Waals surface area contributed by atoms with Gasteiger partial charge < -0.3 is 31.9 Å². The van der Waals surface area contributed by atoms with Crippen molar-refractivity contribution in [1.29, 1.82) is 0 Å². The summed E-state index contributed by atoms with van der Waals surface area (Å²) in [6, 6.07) is 2.15. The van der Waals surface area contributed by atoms with E-state index in [9.17, 15) is 29.4 Å². The molecule has 1 aromatic rings. The van der Waals surface area contributed by atoms with E-state index in [0.29, 0.717) is 30.6 Å². The fourth-order valence-electron chi connectivity index (χ4n) is 3.64. The maximum atomic E-state index is 13.2. The summed E-state index contributed by atoms with van der Waals surface area (Å²) >= 11 is 1.57. The molecule has 208 valence electrons. The number of thioether (sulfide) groups is 1. The van der Waals surface area contributed by atoms with E-state index in [0.717, 1.165) is 0 Å². The molecule has 37 heavy (non-hydrogen) atoms. The van der Waals surface area contributed by atoms with Crippen LogP contribution in [0.1, 0.15) is 52.5 Å². The lowest BCUT2D eigenvalue weighted by Gasteiger charge is -2.28. The molecule has 3 amide bonds. The van der Waals surface area contributed by atoms with Crippen molar-refractivity contribution >= 4 is 35.5 Å². The largest absolute Gasteiger partial charge is 0.508 e. The number of aromatic hydroxyl groups is 1. The fraction of sp³-hybridized carbons (Fsp3) is 0.615. The summed E-state index contributed by atoms with van der Waals surface area (Å²) in [6.45, 7) is 7.48. The third-order valence-electron chi connectivity index (χ3n) is 6.09. The topological polar surface area (TPSA) is 171 Å². The van der Waals surface area contributed by atoms with Crippen molar-refractivity contribution in [2.75, 3.05) is 12.0 Å². The molecular weight excluding hydrogens is 496 g/mol. The Morgan fingerprint density at radius 2 is 1.54 bits per heavy atom. The number of nitrogens with two attached hydrogens (primary N) is 1. The van der Waals surface area contributed by atoms with Crippen molar-refractivity contribution in [3.63, 3.8) is 0 Å². The molecular formula is C26H42N4O6S. The first-order valence-electron chi connectivity index (χ1n) is 12.6. The van der Waals surface area contributed by atoms with Gasteiger partial charge in [0.25, 0.3) is 0 Å². The molecule has 0 radical (unpaired) electrons. The number of carbonyl (C=O) groups is 4. The maximum absolute atomic E-state index is 13.2. The van der Waals surface area contributed by atoms with Crippen LogP contribution in [0, 0.1) is 11.8 Å². The molecule has 0 saturated heterocycles. The fourth-order valence-corrected chi connectivity index (χ4v) is 4.13. The van der Waals surface area contributed by atoms with E-state index in [-0.39, 0.29) is 24.0 Å². The lowest BCUT2D eigenvalue weighted by molar-refractivity contribution is -0.142. The van der Waals surface area contributed by atoms with Crippen LogP contribution in [-0.4, -0.2) is 70.1 Å². The summed E-state index contributed by atoms with van der Waals surface area (Å²) < 4.78 is 0. The van der Waals surface area contributed by atoms with E-state index in [4.69, 9.17) is 5.73 Å². The number of hydrogen-bond donors (Lipinski definition) is 6. The van der Waals surface area contributed by atoms with Crippen LogP contribution >= 0.6 is 11.8 Å². The Morgan fingerprint density at radius 3 is 2.05 bits per heavy atom. The highest BCUT2D eigenvalue weighted by Gasteiger charge is 2.33. The molecule has 0 aliphatic rings. The van der Waals surface area contributed by atoms with Crippen molar-refractivity contribution in [2.45, 2.75) is 77.5 Å². The maximum Gasteiger partial charge on any atom is 0.326 e. The summed E-state index contributed by atoms with van der Waals surface area (Å²) in [6.07, 6.45) is 3.29. The number of phenolic OH excluding ortho intramolecular Hbond substituents is 1. The molecule has 0 heterocycles. The summed E-state index contributed by atoms with van der Waals surface area (Å²) in [5, 5.41) is 27.1. The SMILES string of the molecule is CCC(C)C(NC(=O)C(CC(C)C)NC(=O)C(N)CCSC)C(=O)NC(Cc1ccc(O)cc1)C(=O)O. The van der Waals surface area contributed by atoms with Gasteiger partial charge in [0.1, 0.15) is 23.9 Å². The van der Waals surface area contributed by atoms with E-state index in [1.165, 1.54) is 12.1 Å². The summed E-state index contributed by atoms with van der Waals surface area (Å²) in [5.41, 5.74) is 6.58. The normalized spacial score (nSPS) is 15.2. The van der Waals surface area contributed by atoms with Crippen molar-refractivity contribution in [3.8, 4) is 5.75 Å². The Morgan fingerprint density at radius 1 is 0.946 bits per heavy atom. The average molecular weight is 539 g/mol. The molecule has 0 bridgehead atoms. The Hall–Kier alpha value is -2.79. The first-order chi connectivity index (χ1) is 17.4. The standard InChI is InChI=1S/C26H42N4O6S/c1-6-16(4)22(25(34)29-21(26(35)36)14-17-7-9-18(31)10-8-17)30-24(33)20(13-15(2)3)28-23(32)19(27)11-12-37-5/h7-10,15-16,19-22,31H,6,11-14,27H2,1-5H3,(H,28,32)(H,29,34)(H,30,33)(H,35,36). The predicted octanol–water partition coefficient (Wildman–Crippen LogP) is 1.65. The van der Waals surface area contributed by atoms with Crippen LogP contribution in [0.3, 0.4) is 0 Å². The van der Waals surface area contributed by atoms with Crippen molar-refractivity contribution < 1.29 is 29.4 Å². The zero-order valence-electron chi connectivity index (χ0n) is 22.3. The number of aliphatic carboxylic acids is 1. The van der Waals surface area contributed by atoms with Gasteiger partial charge in [0.15, 0.2) is 0 Å². The minimum atomic E-state index is -1.24. The van der Waals surface area contributed by atoms with Gasteiger partial charge in [-0.1, -0.05) is 46.2 Å². The molecule has 10 nitrogen and oxygen atoms in total. The monoisotopic (exact) mass is 538 g/mol. The van der Waals surface area contributed by atoms with Crippen molar-refractivity contribution in [1.82, 2.24) is 16.0 Å². The highest BCUT2D eigenvalue weighted by Crippen LogP contribution is 2.14. The molecule has 7 N–H and O–H groups in total. The number of carboxylic acid groups (broad SMARTS) is 1. The Balaban J connectivity index is 3.02. The lowest BCUT2D eigenvalue weighted by Crippen LogP contribution is -2.59. The Kier molecular flexibility index (Phi) is 14.1. The lowest BCUT2D eigenvalue weighted by atomic mass is 9.96. The van der Waals surface area contributed by atoms with Gasteiger partial charge in [-0.15, -0.1) is 0 Å². The van der Waals surface area contributed by atoms with Crippen LogP contribution in [0.5, 0.6) is 5.75 Å². The Bertz CT molecular complexity index is 896. The quantitative estimate of drug-likeness (QED) is 0.184. The van der Waals surface area contributed by atoms with Gasteiger partial charge in [-0.05, 0) is 54.4 Å². The second-order valence-electron chi connectivity index (χ2n) is 9.72. The second-order valence-corrected chi connectivity index (χ2v) is 10.7. The van der Waals surface area contributed by atoms with E-state index in [1.54, 1.807) is 30.8 Å². The zero-order valence-corrected chi connectivity index (χ0v) is 23.1. The molecule has 1 rings (SSSR count). The second kappa shape index (κ2) is 16.1. The van der Waals surface area contributed by atoms with E-state index in [1.807, 2.05) is 27.0 Å². The van der Waals surface area contributed by atoms with Gasteiger partial charge in [-0.25, -0.2) is 4.79 Å². The average Bonchev–Trinajstić information content (AvgIpc) is 2.84. The molecule has 5 atom stereocenters. The number of phenols is 1. The Labute approximate surface area is 223 Å². The van der Waals surface area contributed by atoms with Crippen LogP contribution in [0.25, 0.3) is 0 Å². The molecule has 0 aliphatic carbocycles. The zero-order chi connectivity index (χ0) is 28.1. The van der Waals surface area contributed by atoms with E-state index < -0.39 is 47.9 Å². The highest BCUT2D eigenvalue weighted by atomic mass is 32.2. The summed E-state index contributed by atoms with van der Waals surface area (Å²) in [7, 11) is 0. The molecule has 0 spiro atoms. The van der Waals surface area contributed by atoms with Crippen LogP contribution in [0.2, 0.25) is 0 Å². The number of benzene rings is 1. The predicted molar refractivity (Wildman–Crippen MR) is 145 cm³/mol. The van der Waals surface area contributed by atoms with Crippen LogP contribution in [0.15, 0.2) is 24.3 Å². The van der Waals surface area contributed by atoms with Crippen molar-refractivity contribution in [3.05, 3.63) is 29.8 Å². The number of rotatable bonds is 16. The smallest absolute Gasteiger partial charge is 0.326 e. The van der Waals surface area contributed by atoms with Gasteiger partial charge in [0.05, 0.1) is 6.04 Å². The van der Waals surface area contributed by atoms with Gasteiger partial charge in [0, 0.05) is 6.42 Å². The highest BCUT2D eigenvalue weighted by molar-refractivity contribution is 7.98. The van der Waals surface area contributed by atoms with E-state index >= 15 is 0 Å². The number of carbonyl (C=O) groups excluding carboxylic acids is 3.